The average molecular weight is 448 g/mol. The molecule has 0 aliphatic heterocycles. The lowest BCUT2D eigenvalue weighted by Crippen LogP contribution is -2.00. The first-order chi connectivity index (χ1) is 16.5. The zero-order valence-electron chi connectivity index (χ0n) is 18.3. The quantitative estimate of drug-likeness (QED) is 0.221. The van der Waals surface area contributed by atoms with Crippen LogP contribution in [0.25, 0.3) is 22.3 Å². The maximum absolute atomic E-state index is 11.6. The van der Waals surface area contributed by atoms with Crippen molar-refractivity contribution in [1.29, 1.82) is 0 Å². The van der Waals surface area contributed by atoms with Crippen LogP contribution in [0.15, 0.2) is 97.1 Å². The van der Waals surface area contributed by atoms with Crippen molar-refractivity contribution in [1.82, 2.24) is 9.97 Å². The Hall–Kier alpha value is -4.78. The molecule has 0 atom stereocenters. The molecule has 5 rings (SSSR count). The molecule has 0 bridgehead atoms. The normalized spacial score (nSPS) is 10.7. The van der Waals surface area contributed by atoms with Gasteiger partial charge in [-0.3, -0.25) is 10.1 Å². The van der Waals surface area contributed by atoms with E-state index in [-0.39, 0.29) is 5.69 Å². The summed E-state index contributed by atoms with van der Waals surface area (Å²) in [5.74, 6) is 2.05. The first-order valence-electron chi connectivity index (χ1n) is 10.7. The molecule has 0 saturated heterocycles. The first-order valence-corrected chi connectivity index (χ1v) is 10.7. The predicted octanol–water partition coefficient (Wildman–Crippen LogP) is 7.05. The Morgan fingerprint density at radius 3 is 2.41 bits per heavy atom. The Bertz CT molecular complexity index is 1500. The van der Waals surface area contributed by atoms with Crippen molar-refractivity contribution in [2.75, 3.05) is 5.32 Å². The lowest BCUT2D eigenvalue weighted by Gasteiger charge is -2.13. The number of fused-ring (bicyclic) bond motifs is 1. The largest absolute Gasteiger partial charge is 0.457 e. The fourth-order valence-corrected chi connectivity index (χ4v) is 3.67. The fourth-order valence-electron chi connectivity index (χ4n) is 3.67. The number of aryl methyl sites for hydroxylation is 1. The molecule has 1 aromatic heterocycles. The summed E-state index contributed by atoms with van der Waals surface area (Å²) in [6, 6.07) is 29.3. The Labute approximate surface area is 195 Å². The minimum Gasteiger partial charge on any atom is -0.457 e. The summed E-state index contributed by atoms with van der Waals surface area (Å²) in [7, 11) is 0. The number of nitro groups is 1. The van der Waals surface area contributed by atoms with Gasteiger partial charge >= 0.3 is 0 Å². The third-order valence-corrected chi connectivity index (χ3v) is 5.22. The number of nitro benzene ring substituents is 1. The summed E-state index contributed by atoms with van der Waals surface area (Å²) in [6.07, 6.45) is 0. The van der Waals surface area contributed by atoms with Crippen LogP contribution in [0.1, 0.15) is 5.56 Å². The van der Waals surface area contributed by atoms with Crippen molar-refractivity contribution in [3.63, 3.8) is 0 Å². The number of benzene rings is 4. The summed E-state index contributed by atoms with van der Waals surface area (Å²) in [5.41, 5.74) is 3.15. The number of aromatic nitrogens is 2. The number of para-hydroxylation sites is 2. The molecule has 7 nitrogen and oxygen atoms in total. The zero-order valence-corrected chi connectivity index (χ0v) is 18.3. The second-order valence-electron chi connectivity index (χ2n) is 7.80. The second kappa shape index (κ2) is 8.99. The fraction of sp³-hybridized carbons (Fsp3) is 0.0370. The van der Waals surface area contributed by atoms with Crippen LogP contribution < -0.4 is 10.1 Å². The Morgan fingerprint density at radius 2 is 1.62 bits per heavy atom. The lowest BCUT2D eigenvalue weighted by atomic mass is 10.1. The summed E-state index contributed by atoms with van der Waals surface area (Å²) in [5, 5.41) is 15.6. The number of hydrogen-bond acceptors (Lipinski definition) is 6. The van der Waals surface area contributed by atoms with Gasteiger partial charge in [0.15, 0.2) is 5.82 Å². The van der Waals surface area contributed by atoms with E-state index in [0.717, 1.165) is 22.0 Å². The monoisotopic (exact) mass is 448 g/mol. The topological polar surface area (TPSA) is 90.2 Å². The number of nitrogens with zero attached hydrogens (tertiary/aromatic N) is 3. The Morgan fingerprint density at radius 1 is 0.824 bits per heavy atom. The average Bonchev–Trinajstić information content (AvgIpc) is 2.84. The highest BCUT2D eigenvalue weighted by molar-refractivity contribution is 5.92. The van der Waals surface area contributed by atoms with Crippen LogP contribution in [0.5, 0.6) is 11.5 Å². The highest BCUT2D eigenvalue weighted by atomic mass is 16.6. The molecule has 166 valence electrons. The lowest BCUT2D eigenvalue weighted by molar-refractivity contribution is -0.384. The van der Waals surface area contributed by atoms with Gasteiger partial charge in [-0.15, -0.1) is 0 Å². The summed E-state index contributed by atoms with van der Waals surface area (Å²) >= 11 is 0. The molecular formula is C27H20N4O3. The number of anilines is 2. The SMILES string of the molecule is Cc1cccc(-c2nc(Nc3cc(Oc4ccccc4)cc([N+](=O)[O-])c3)c3ccccc3n2)c1. The maximum Gasteiger partial charge on any atom is 0.275 e. The van der Waals surface area contributed by atoms with Crippen LogP contribution in [0.3, 0.4) is 0 Å². The van der Waals surface area contributed by atoms with E-state index in [1.165, 1.54) is 12.1 Å². The third-order valence-electron chi connectivity index (χ3n) is 5.22. The molecule has 1 heterocycles. The molecular weight excluding hydrogens is 428 g/mol. The van der Waals surface area contributed by atoms with Gasteiger partial charge in [-0.1, -0.05) is 54.1 Å². The minimum absolute atomic E-state index is 0.0896. The van der Waals surface area contributed by atoms with Crippen LogP contribution in [0.2, 0.25) is 0 Å². The van der Waals surface area contributed by atoms with E-state index >= 15 is 0 Å². The molecule has 7 heteroatoms. The number of rotatable bonds is 6. The summed E-state index contributed by atoms with van der Waals surface area (Å²) in [6.45, 7) is 2.01. The van der Waals surface area contributed by atoms with Gasteiger partial charge in [0.05, 0.1) is 22.2 Å². The zero-order chi connectivity index (χ0) is 23.5. The molecule has 0 saturated carbocycles. The van der Waals surface area contributed by atoms with Gasteiger partial charge in [0, 0.05) is 23.1 Å². The molecule has 0 amide bonds. The molecule has 0 fully saturated rings. The molecule has 5 aromatic rings. The van der Waals surface area contributed by atoms with Gasteiger partial charge < -0.3 is 10.1 Å². The molecule has 1 N–H and O–H groups in total. The van der Waals surface area contributed by atoms with Gasteiger partial charge in [0.25, 0.3) is 5.69 Å². The number of non-ortho nitro benzene ring substituents is 1. The van der Waals surface area contributed by atoms with Crippen molar-refractivity contribution >= 4 is 28.1 Å². The molecule has 0 spiro atoms. The second-order valence-corrected chi connectivity index (χ2v) is 7.80. The minimum atomic E-state index is -0.445. The van der Waals surface area contributed by atoms with Crippen LogP contribution >= 0.6 is 0 Å². The molecule has 0 radical (unpaired) electrons. The Balaban J connectivity index is 1.59. The third kappa shape index (κ3) is 4.54. The van der Waals surface area contributed by atoms with Gasteiger partial charge in [0.1, 0.15) is 17.3 Å². The van der Waals surface area contributed by atoms with Crippen LogP contribution in [-0.2, 0) is 0 Å². The van der Waals surface area contributed by atoms with Crippen molar-refractivity contribution in [3.05, 3.63) is 113 Å². The number of nitrogens with one attached hydrogen (secondary N) is 1. The van der Waals surface area contributed by atoms with Crippen molar-refractivity contribution in [2.45, 2.75) is 6.92 Å². The van der Waals surface area contributed by atoms with Crippen molar-refractivity contribution in [2.24, 2.45) is 0 Å². The standard InChI is InChI=1S/C27H20N4O3/c1-18-8-7-9-19(14-18)26-29-25-13-6-5-12-24(25)27(30-26)28-20-15-21(31(32)33)17-23(16-20)34-22-10-3-2-4-11-22/h2-17H,1H3,(H,28,29,30). The highest BCUT2D eigenvalue weighted by Gasteiger charge is 2.15. The smallest absolute Gasteiger partial charge is 0.275 e. The molecule has 34 heavy (non-hydrogen) atoms. The van der Waals surface area contributed by atoms with Crippen molar-refractivity contribution in [3.8, 4) is 22.9 Å². The van der Waals surface area contributed by atoms with Crippen LogP contribution in [-0.4, -0.2) is 14.9 Å². The van der Waals surface area contributed by atoms with Crippen molar-refractivity contribution < 1.29 is 9.66 Å². The van der Waals surface area contributed by atoms with E-state index in [1.54, 1.807) is 18.2 Å². The van der Waals surface area contributed by atoms with Gasteiger partial charge in [0.2, 0.25) is 0 Å². The van der Waals surface area contributed by atoms with Gasteiger partial charge in [-0.25, -0.2) is 9.97 Å². The highest BCUT2D eigenvalue weighted by Crippen LogP contribution is 2.33. The van der Waals surface area contributed by atoms with Gasteiger partial charge in [-0.05, 0) is 37.3 Å². The van der Waals surface area contributed by atoms with E-state index in [4.69, 9.17) is 14.7 Å². The van der Waals surface area contributed by atoms with E-state index in [9.17, 15) is 10.1 Å². The van der Waals surface area contributed by atoms with E-state index < -0.39 is 4.92 Å². The van der Waals surface area contributed by atoms with Gasteiger partial charge in [-0.2, -0.15) is 0 Å². The van der Waals surface area contributed by atoms with Crippen LogP contribution in [0.4, 0.5) is 17.2 Å². The van der Waals surface area contributed by atoms with E-state index in [2.05, 4.69) is 5.32 Å². The summed E-state index contributed by atoms with van der Waals surface area (Å²) in [4.78, 5) is 20.6. The molecule has 0 aliphatic rings. The first kappa shape index (κ1) is 21.1. The Kier molecular flexibility index (Phi) is 5.58. The maximum atomic E-state index is 11.6. The molecule has 0 unspecified atom stereocenters. The predicted molar refractivity (Wildman–Crippen MR) is 133 cm³/mol. The van der Waals surface area contributed by atoms with E-state index in [0.29, 0.717) is 28.8 Å². The molecule has 4 aromatic carbocycles. The number of ether oxygens (including phenoxy) is 1. The van der Waals surface area contributed by atoms with E-state index in [1.807, 2.05) is 73.7 Å². The molecule has 0 aliphatic carbocycles. The van der Waals surface area contributed by atoms with Crippen LogP contribution in [0, 0.1) is 17.0 Å². The summed E-state index contributed by atoms with van der Waals surface area (Å²) < 4.78 is 5.86. The number of hydrogen-bond donors (Lipinski definition) is 1.